The van der Waals surface area contributed by atoms with Gasteiger partial charge in [0.2, 0.25) is 11.8 Å². The van der Waals surface area contributed by atoms with Crippen molar-refractivity contribution in [3.8, 4) is 5.75 Å². The SMILES string of the molecule is Cc1cc(C(=O)NC[C@@H](O)[C@@H](O)[C@@H]2O[C@@](O[C@@H]3CCCC[C@H]3NC(=O)CN(C)C(=O)OCc3ccccc3)(C(=O)O)C[C@H](O)[C@H]2NC(=O)Cn2cc(C3CCCCC3)nn2)cc(C)c1O. The van der Waals surface area contributed by atoms with Crippen molar-refractivity contribution in [2.75, 3.05) is 20.1 Å². The molecule has 3 fully saturated rings. The summed E-state index contributed by atoms with van der Waals surface area (Å²) in [4.78, 5) is 67.0. The van der Waals surface area contributed by atoms with Crippen molar-refractivity contribution >= 4 is 29.8 Å². The standard InChI is InChI=1S/C45H61N7O13/c1-26-18-30(19-27(2)39(26)57)42(59)46-21-34(54)40(58)41-38(48-37(56)24-52-22-32(49-50-52)29-14-8-5-9-15-29)33(53)20-45(65-41,43(60)61)64-35-17-11-10-16-31(35)47-36(55)23-51(3)44(62)63-25-28-12-6-4-7-13-28/h4,6-7,12-13,18-19,22,29,31,33-35,38,40-41,53-54,57-58H,5,8-11,14-17,20-21,23-25H2,1-3H3,(H,46,59)(H,47,55)(H,48,56)(H,60,61)/t31-,33+,34-,35-,38-,40-,41-,45-/m1/s1. The van der Waals surface area contributed by atoms with Crippen LogP contribution >= 0.6 is 0 Å². The molecule has 1 saturated heterocycles. The number of nitrogens with zero attached hydrogens (tertiary/aromatic N) is 4. The Morgan fingerprint density at radius 3 is 2.32 bits per heavy atom. The van der Waals surface area contributed by atoms with Crippen LogP contribution in [0.25, 0.3) is 0 Å². The molecule has 8 atom stereocenters. The highest BCUT2D eigenvalue weighted by molar-refractivity contribution is 5.95. The predicted molar refractivity (Wildman–Crippen MR) is 230 cm³/mol. The molecule has 8 N–H and O–H groups in total. The van der Waals surface area contributed by atoms with Crippen LogP contribution < -0.4 is 16.0 Å². The molecular formula is C45H61N7O13. The maximum atomic E-state index is 13.6. The summed E-state index contributed by atoms with van der Waals surface area (Å²) >= 11 is 0. The Hall–Kier alpha value is -5.67. The molecule has 354 valence electrons. The minimum atomic E-state index is -2.67. The summed E-state index contributed by atoms with van der Waals surface area (Å²) in [6.07, 6.45) is -1.23. The number of aryl methyl sites for hydroxylation is 2. The number of aliphatic carboxylic acids is 1. The first kappa shape index (κ1) is 48.8. The van der Waals surface area contributed by atoms with E-state index < -0.39 is 91.1 Å². The summed E-state index contributed by atoms with van der Waals surface area (Å²) < 4.78 is 19.0. The normalized spacial score (nSPS) is 24.6. The number of carbonyl (C=O) groups excluding carboxylic acids is 4. The Balaban J connectivity index is 1.17. The van der Waals surface area contributed by atoms with Crippen molar-refractivity contribution in [2.45, 2.75) is 146 Å². The number of hydrogen-bond acceptors (Lipinski definition) is 14. The number of phenolic OH excluding ortho intramolecular Hbond substituents is 1. The second kappa shape index (κ2) is 22.0. The van der Waals surface area contributed by atoms with Gasteiger partial charge in [-0.05, 0) is 68.4 Å². The third kappa shape index (κ3) is 12.6. The molecule has 2 saturated carbocycles. The predicted octanol–water partition coefficient (Wildman–Crippen LogP) is 1.93. The molecular weight excluding hydrogens is 847 g/mol. The number of benzene rings is 2. The van der Waals surface area contributed by atoms with Gasteiger partial charge in [-0.1, -0.05) is 67.6 Å². The van der Waals surface area contributed by atoms with Crippen LogP contribution in [-0.2, 0) is 41.7 Å². The van der Waals surface area contributed by atoms with E-state index in [9.17, 15) is 49.5 Å². The lowest BCUT2D eigenvalue weighted by Crippen LogP contribution is -2.69. The monoisotopic (exact) mass is 907 g/mol. The zero-order valence-corrected chi connectivity index (χ0v) is 36.9. The van der Waals surface area contributed by atoms with E-state index in [-0.39, 0.29) is 43.3 Å². The number of aromatic hydroxyl groups is 1. The van der Waals surface area contributed by atoms with Crippen molar-refractivity contribution in [1.29, 1.82) is 0 Å². The smallest absolute Gasteiger partial charge is 0.410 e. The van der Waals surface area contributed by atoms with E-state index in [4.69, 9.17) is 14.2 Å². The fourth-order valence-electron chi connectivity index (χ4n) is 8.78. The molecule has 0 unspecified atom stereocenters. The Kier molecular flexibility index (Phi) is 16.5. The highest BCUT2D eigenvalue weighted by Crippen LogP contribution is 2.37. The number of phenols is 1. The van der Waals surface area contributed by atoms with Crippen molar-refractivity contribution < 1.29 is 63.7 Å². The number of carboxylic acid groups (broad SMARTS) is 1. The number of ether oxygens (including phenoxy) is 3. The van der Waals surface area contributed by atoms with Gasteiger partial charge in [0.15, 0.2) is 0 Å². The largest absolute Gasteiger partial charge is 0.507 e. The molecule has 0 radical (unpaired) electrons. The van der Waals surface area contributed by atoms with Gasteiger partial charge in [-0.2, -0.15) is 0 Å². The minimum absolute atomic E-state index is 0.00146. The highest BCUT2D eigenvalue weighted by atomic mass is 16.7. The van der Waals surface area contributed by atoms with E-state index in [1.165, 1.54) is 23.9 Å². The van der Waals surface area contributed by atoms with Crippen LogP contribution in [-0.4, -0.2) is 144 Å². The van der Waals surface area contributed by atoms with Gasteiger partial charge in [0.1, 0.15) is 37.7 Å². The zero-order valence-electron chi connectivity index (χ0n) is 36.9. The Bertz CT molecular complexity index is 2110. The molecule has 2 aromatic carbocycles. The number of likely N-dealkylation sites (N-methyl/N-ethyl adjacent to an activating group) is 1. The number of aliphatic hydroxyl groups excluding tert-OH is 3. The van der Waals surface area contributed by atoms with E-state index in [1.54, 1.807) is 44.3 Å². The van der Waals surface area contributed by atoms with Crippen molar-refractivity contribution in [3.63, 3.8) is 0 Å². The Morgan fingerprint density at radius 2 is 1.63 bits per heavy atom. The summed E-state index contributed by atoms with van der Waals surface area (Å²) in [6.45, 7) is 1.92. The lowest BCUT2D eigenvalue weighted by Gasteiger charge is -2.48. The van der Waals surface area contributed by atoms with Gasteiger partial charge in [-0.3, -0.25) is 14.4 Å². The molecule has 1 aromatic heterocycles. The van der Waals surface area contributed by atoms with Gasteiger partial charge in [0.05, 0.1) is 36.1 Å². The van der Waals surface area contributed by atoms with Gasteiger partial charge in [0.25, 0.3) is 11.7 Å². The van der Waals surface area contributed by atoms with Crippen LogP contribution in [0.1, 0.15) is 103 Å². The molecule has 2 heterocycles. The van der Waals surface area contributed by atoms with E-state index >= 15 is 0 Å². The number of rotatable bonds is 17. The summed E-state index contributed by atoms with van der Waals surface area (Å²) in [5.74, 6) is -6.04. The topological polar surface area (TPSA) is 284 Å². The molecule has 20 heteroatoms. The lowest BCUT2D eigenvalue weighted by molar-refractivity contribution is -0.325. The molecule has 65 heavy (non-hydrogen) atoms. The summed E-state index contributed by atoms with van der Waals surface area (Å²) in [5.41, 5.74) is 2.55. The van der Waals surface area contributed by atoms with Gasteiger partial charge in [0, 0.05) is 37.7 Å². The second-order valence-electron chi connectivity index (χ2n) is 17.4. The molecule has 2 aliphatic carbocycles. The lowest BCUT2D eigenvalue weighted by atomic mass is 9.87. The summed E-state index contributed by atoms with van der Waals surface area (Å²) in [6, 6.07) is 9.62. The molecule has 6 rings (SSSR count). The number of aromatic nitrogens is 3. The number of nitrogens with one attached hydrogen (secondary N) is 3. The first-order valence-corrected chi connectivity index (χ1v) is 22.2. The fraction of sp³-hybridized carbons (Fsp3) is 0.578. The van der Waals surface area contributed by atoms with Gasteiger partial charge in [-0.25, -0.2) is 14.3 Å². The fourth-order valence-corrected chi connectivity index (χ4v) is 8.78. The minimum Gasteiger partial charge on any atom is -0.507 e. The van der Waals surface area contributed by atoms with Crippen LogP contribution in [0.15, 0.2) is 48.7 Å². The third-order valence-corrected chi connectivity index (χ3v) is 12.4. The number of carbonyl (C=O) groups is 5. The highest BCUT2D eigenvalue weighted by Gasteiger charge is 2.57. The first-order valence-electron chi connectivity index (χ1n) is 22.2. The maximum Gasteiger partial charge on any atom is 0.410 e. The van der Waals surface area contributed by atoms with Gasteiger partial charge < -0.3 is 60.6 Å². The number of carboxylic acids is 1. The quantitative estimate of drug-likeness (QED) is 0.0961. The van der Waals surface area contributed by atoms with Gasteiger partial charge in [-0.15, -0.1) is 5.10 Å². The number of aliphatic hydroxyl groups is 3. The van der Waals surface area contributed by atoms with E-state index in [0.29, 0.717) is 30.4 Å². The Labute approximate surface area is 376 Å². The van der Waals surface area contributed by atoms with Crippen LogP contribution in [0.3, 0.4) is 0 Å². The number of amides is 4. The summed E-state index contributed by atoms with van der Waals surface area (Å²) in [7, 11) is 1.40. The first-order chi connectivity index (χ1) is 31.0. The van der Waals surface area contributed by atoms with Crippen LogP contribution in [0.2, 0.25) is 0 Å². The van der Waals surface area contributed by atoms with Crippen LogP contribution in [0.5, 0.6) is 5.75 Å². The third-order valence-electron chi connectivity index (χ3n) is 12.4. The average Bonchev–Trinajstić information content (AvgIpc) is 3.76. The molecule has 1 aliphatic heterocycles. The van der Waals surface area contributed by atoms with Crippen molar-refractivity contribution in [3.05, 3.63) is 76.6 Å². The molecule has 0 spiro atoms. The maximum absolute atomic E-state index is 13.6. The molecule has 0 bridgehead atoms. The van der Waals surface area contributed by atoms with Crippen molar-refractivity contribution in [1.82, 2.24) is 35.8 Å². The molecule has 4 amide bonds. The molecule has 3 aliphatic rings. The average molecular weight is 908 g/mol. The molecule has 20 nitrogen and oxygen atoms in total. The zero-order chi connectivity index (χ0) is 46.8. The van der Waals surface area contributed by atoms with Gasteiger partial charge >= 0.3 is 12.1 Å². The van der Waals surface area contributed by atoms with E-state index in [2.05, 4.69) is 26.3 Å². The van der Waals surface area contributed by atoms with Crippen LogP contribution in [0, 0.1) is 13.8 Å². The summed E-state index contributed by atoms with van der Waals surface area (Å²) in [5, 5.41) is 72.0. The second-order valence-corrected chi connectivity index (χ2v) is 17.4. The van der Waals surface area contributed by atoms with E-state index in [0.717, 1.165) is 48.3 Å². The van der Waals surface area contributed by atoms with Crippen LogP contribution in [0.4, 0.5) is 4.79 Å². The van der Waals surface area contributed by atoms with Crippen molar-refractivity contribution in [2.24, 2.45) is 0 Å². The molecule has 3 aromatic rings. The Morgan fingerprint density at radius 1 is 0.954 bits per heavy atom. The van der Waals surface area contributed by atoms with E-state index in [1.807, 2.05) is 6.07 Å². The number of hydrogen-bond donors (Lipinski definition) is 8.